The van der Waals surface area contributed by atoms with Crippen LogP contribution in [-0.2, 0) is 5.41 Å². The third-order valence-electron chi connectivity index (χ3n) is 6.38. The van der Waals surface area contributed by atoms with Crippen LogP contribution >= 0.6 is 0 Å². The van der Waals surface area contributed by atoms with E-state index in [9.17, 15) is 0 Å². The molecule has 0 spiro atoms. The number of fused-ring (bicyclic) bond motifs is 6. The van der Waals surface area contributed by atoms with Crippen molar-refractivity contribution < 1.29 is 0 Å². The normalized spacial score (nSPS) is 14.4. The van der Waals surface area contributed by atoms with Crippen molar-refractivity contribution >= 4 is 21.8 Å². The van der Waals surface area contributed by atoms with Crippen LogP contribution in [0.25, 0.3) is 38.6 Å². The van der Waals surface area contributed by atoms with Crippen molar-refractivity contribution in [3.8, 4) is 16.8 Å². The first kappa shape index (κ1) is 15.7. The lowest BCUT2D eigenvalue weighted by molar-refractivity contribution is 0.656. The van der Waals surface area contributed by atoms with Gasteiger partial charge in [0.05, 0.1) is 16.7 Å². The quantitative estimate of drug-likeness (QED) is 0.301. The number of para-hydroxylation sites is 2. The van der Waals surface area contributed by atoms with Crippen LogP contribution in [-0.4, -0.2) is 4.57 Å². The summed E-state index contributed by atoms with van der Waals surface area (Å²) in [5.41, 5.74) is 9.35. The minimum atomic E-state index is -0.0327. The Kier molecular flexibility index (Phi) is 3.01. The smallest absolute Gasteiger partial charge is 0.0541 e. The van der Waals surface area contributed by atoms with Crippen LogP contribution in [0.3, 0.4) is 0 Å². The van der Waals surface area contributed by atoms with Crippen LogP contribution in [0, 0.1) is 0 Å². The van der Waals surface area contributed by atoms with E-state index in [1.165, 1.54) is 49.7 Å². The summed E-state index contributed by atoms with van der Waals surface area (Å²) in [5.74, 6) is 0. The van der Waals surface area contributed by atoms with Crippen LogP contribution in [0.5, 0.6) is 0 Å². The van der Waals surface area contributed by atoms with Gasteiger partial charge in [-0.05, 0) is 40.5 Å². The first-order valence-electron chi connectivity index (χ1n) is 9.90. The molecule has 0 N–H and O–H groups in total. The molecule has 1 aliphatic rings. The SMILES string of the molecule is CC1(C)c2ccccc2-c2cccc(-n3c4ccccc4c4ccccc43)c21. The Bertz CT molecular complexity index is 1330. The summed E-state index contributed by atoms with van der Waals surface area (Å²) in [4.78, 5) is 0. The van der Waals surface area contributed by atoms with Gasteiger partial charge in [0, 0.05) is 16.2 Å². The fourth-order valence-corrected chi connectivity index (χ4v) is 5.19. The zero-order valence-electron chi connectivity index (χ0n) is 16.1. The van der Waals surface area contributed by atoms with Gasteiger partial charge in [-0.15, -0.1) is 0 Å². The monoisotopic (exact) mass is 359 g/mol. The fraction of sp³-hybridized carbons (Fsp3) is 0.111. The van der Waals surface area contributed by atoms with Crippen LogP contribution in [0.4, 0.5) is 0 Å². The van der Waals surface area contributed by atoms with Gasteiger partial charge in [-0.2, -0.15) is 0 Å². The summed E-state index contributed by atoms with van der Waals surface area (Å²) in [7, 11) is 0. The van der Waals surface area contributed by atoms with Gasteiger partial charge in [-0.25, -0.2) is 0 Å². The second-order valence-electron chi connectivity index (χ2n) is 8.24. The second-order valence-corrected chi connectivity index (χ2v) is 8.24. The largest absolute Gasteiger partial charge is 0.309 e. The minimum Gasteiger partial charge on any atom is -0.309 e. The highest BCUT2D eigenvalue weighted by atomic mass is 15.0. The van der Waals surface area contributed by atoms with Crippen LogP contribution in [0.15, 0.2) is 91.0 Å². The summed E-state index contributed by atoms with van der Waals surface area (Å²) in [6.07, 6.45) is 0. The first-order valence-corrected chi connectivity index (χ1v) is 9.90. The van der Waals surface area contributed by atoms with Crippen molar-refractivity contribution in [2.45, 2.75) is 19.3 Å². The lowest BCUT2D eigenvalue weighted by Gasteiger charge is -2.25. The molecule has 0 aliphatic heterocycles. The summed E-state index contributed by atoms with van der Waals surface area (Å²) in [5, 5.41) is 2.62. The fourth-order valence-electron chi connectivity index (χ4n) is 5.19. The van der Waals surface area contributed by atoms with Crippen molar-refractivity contribution in [1.82, 2.24) is 4.57 Å². The highest BCUT2D eigenvalue weighted by Gasteiger charge is 2.37. The average molecular weight is 359 g/mol. The standard InChI is InChI=1S/C27H21N/c1-27(2)22-14-6-3-10-18(22)21-13-9-17-25(26(21)27)28-23-15-7-4-11-19(23)20-12-5-8-16-24(20)28/h3-17H,1-2H3. The van der Waals surface area contributed by atoms with E-state index in [2.05, 4.69) is 109 Å². The molecule has 4 aromatic carbocycles. The topological polar surface area (TPSA) is 4.93 Å². The highest BCUT2D eigenvalue weighted by Crippen LogP contribution is 2.51. The molecule has 1 aromatic heterocycles. The number of hydrogen-bond donors (Lipinski definition) is 0. The van der Waals surface area contributed by atoms with Gasteiger partial charge < -0.3 is 4.57 Å². The van der Waals surface area contributed by atoms with Gasteiger partial charge in [-0.1, -0.05) is 86.6 Å². The molecular weight excluding hydrogens is 338 g/mol. The third-order valence-corrected chi connectivity index (χ3v) is 6.38. The molecule has 1 nitrogen and oxygen atoms in total. The molecule has 6 rings (SSSR count). The van der Waals surface area contributed by atoms with Gasteiger partial charge in [0.15, 0.2) is 0 Å². The predicted molar refractivity (Wildman–Crippen MR) is 118 cm³/mol. The van der Waals surface area contributed by atoms with Crippen molar-refractivity contribution in [2.24, 2.45) is 0 Å². The molecule has 28 heavy (non-hydrogen) atoms. The van der Waals surface area contributed by atoms with Crippen molar-refractivity contribution in [2.75, 3.05) is 0 Å². The molecule has 1 aliphatic carbocycles. The Morgan fingerprint density at radius 2 is 1.14 bits per heavy atom. The number of benzene rings is 4. The Morgan fingerprint density at radius 3 is 1.86 bits per heavy atom. The second kappa shape index (κ2) is 5.36. The Labute approximate surface area is 164 Å². The Morgan fingerprint density at radius 1 is 0.571 bits per heavy atom. The number of aromatic nitrogens is 1. The molecular formula is C27H21N. The molecule has 0 amide bonds. The molecule has 0 bridgehead atoms. The molecule has 0 saturated carbocycles. The van der Waals surface area contributed by atoms with Crippen molar-refractivity contribution in [1.29, 1.82) is 0 Å². The van der Waals surface area contributed by atoms with Gasteiger partial charge in [0.2, 0.25) is 0 Å². The predicted octanol–water partition coefficient (Wildman–Crippen LogP) is 7.09. The maximum absolute atomic E-state index is 2.46. The Hall–Kier alpha value is -3.32. The molecule has 5 aromatic rings. The lowest BCUT2D eigenvalue weighted by Crippen LogP contribution is -2.17. The third kappa shape index (κ3) is 1.86. The zero-order chi connectivity index (χ0) is 18.9. The maximum Gasteiger partial charge on any atom is 0.0541 e. The van der Waals surface area contributed by atoms with Crippen molar-refractivity contribution in [3.05, 3.63) is 102 Å². The summed E-state index contributed by atoms with van der Waals surface area (Å²) in [6, 6.07) is 33.1. The van der Waals surface area contributed by atoms with Crippen LogP contribution in [0.2, 0.25) is 0 Å². The van der Waals surface area contributed by atoms with Gasteiger partial charge in [0.1, 0.15) is 0 Å². The molecule has 1 heteroatoms. The molecule has 134 valence electrons. The Balaban J connectivity index is 1.78. The van der Waals surface area contributed by atoms with Gasteiger partial charge >= 0.3 is 0 Å². The van der Waals surface area contributed by atoms with E-state index < -0.39 is 0 Å². The highest BCUT2D eigenvalue weighted by molar-refractivity contribution is 6.09. The van der Waals surface area contributed by atoms with E-state index in [4.69, 9.17) is 0 Å². The van der Waals surface area contributed by atoms with Crippen LogP contribution < -0.4 is 0 Å². The van der Waals surface area contributed by atoms with Crippen LogP contribution in [0.1, 0.15) is 25.0 Å². The van der Waals surface area contributed by atoms with Gasteiger partial charge in [-0.3, -0.25) is 0 Å². The summed E-state index contributed by atoms with van der Waals surface area (Å²) >= 11 is 0. The van der Waals surface area contributed by atoms with Crippen molar-refractivity contribution in [3.63, 3.8) is 0 Å². The maximum atomic E-state index is 2.46. The first-order chi connectivity index (χ1) is 13.7. The summed E-state index contributed by atoms with van der Waals surface area (Å²) in [6.45, 7) is 4.71. The molecule has 0 atom stereocenters. The molecule has 1 heterocycles. The molecule has 0 unspecified atom stereocenters. The lowest BCUT2D eigenvalue weighted by atomic mass is 9.81. The van der Waals surface area contributed by atoms with E-state index in [-0.39, 0.29) is 5.41 Å². The minimum absolute atomic E-state index is 0.0327. The van der Waals surface area contributed by atoms with E-state index in [0.717, 1.165) is 0 Å². The number of rotatable bonds is 1. The average Bonchev–Trinajstić information content (AvgIpc) is 3.19. The van der Waals surface area contributed by atoms with E-state index in [1.807, 2.05) is 0 Å². The van der Waals surface area contributed by atoms with E-state index in [0.29, 0.717) is 0 Å². The molecule has 0 saturated heterocycles. The van der Waals surface area contributed by atoms with E-state index >= 15 is 0 Å². The molecule has 0 fully saturated rings. The summed E-state index contributed by atoms with van der Waals surface area (Å²) < 4.78 is 2.46. The zero-order valence-corrected chi connectivity index (χ0v) is 16.1. The van der Waals surface area contributed by atoms with Gasteiger partial charge in [0.25, 0.3) is 0 Å². The number of nitrogens with zero attached hydrogens (tertiary/aromatic N) is 1. The molecule has 0 radical (unpaired) electrons. The number of hydrogen-bond acceptors (Lipinski definition) is 0. The van der Waals surface area contributed by atoms with E-state index in [1.54, 1.807) is 0 Å².